The number of β-amino-alcohol motifs (C(OH)–C–C–N with tert-alkyl or cyclic N) is 1. The van der Waals surface area contributed by atoms with Crippen LogP contribution >= 0.6 is 0 Å². The fraction of sp³-hybridized carbons (Fsp3) is 1.00. The second-order valence-corrected chi connectivity index (χ2v) is 4.36. The van der Waals surface area contributed by atoms with Crippen molar-refractivity contribution in [1.29, 1.82) is 0 Å². The Bertz CT molecular complexity index is 159. The molecule has 1 saturated carbocycles. The second kappa shape index (κ2) is 4.40. The van der Waals surface area contributed by atoms with Crippen molar-refractivity contribution in [1.82, 2.24) is 10.2 Å². The predicted molar refractivity (Wildman–Crippen MR) is 52.7 cm³/mol. The summed E-state index contributed by atoms with van der Waals surface area (Å²) in [6.45, 7) is 4.66. The molecule has 0 aromatic carbocycles. The molecule has 1 heterocycles. The third-order valence-electron chi connectivity index (χ3n) is 3.08. The molecule has 1 atom stereocenters. The fourth-order valence-corrected chi connectivity index (χ4v) is 2.00. The van der Waals surface area contributed by atoms with Crippen molar-refractivity contribution in [3.05, 3.63) is 0 Å². The molecule has 0 aromatic heterocycles. The van der Waals surface area contributed by atoms with E-state index in [9.17, 15) is 0 Å². The summed E-state index contributed by atoms with van der Waals surface area (Å²) in [5.74, 6) is 0.979. The molecule has 1 aliphatic carbocycles. The smallest absolute Gasteiger partial charge is 0.0558 e. The highest BCUT2D eigenvalue weighted by Gasteiger charge is 2.25. The zero-order valence-electron chi connectivity index (χ0n) is 8.21. The van der Waals surface area contributed by atoms with Crippen molar-refractivity contribution in [3.63, 3.8) is 0 Å². The van der Waals surface area contributed by atoms with E-state index in [0.29, 0.717) is 12.6 Å². The number of aliphatic hydroxyl groups excluding tert-OH is 1. The summed E-state index contributed by atoms with van der Waals surface area (Å²) in [6, 6.07) is 0.687. The lowest BCUT2D eigenvalue weighted by Crippen LogP contribution is -2.34. The monoisotopic (exact) mass is 184 g/mol. The lowest BCUT2D eigenvalue weighted by atomic mass is 10.2. The third-order valence-corrected chi connectivity index (χ3v) is 3.08. The molecule has 0 unspecified atom stereocenters. The molecule has 2 fully saturated rings. The summed E-state index contributed by atoms with van der Waals surface area (Å²) in [7, 11) is 0. The van der Waals surface area contributed by atoms with E-state index in [1.807, 2.05) is 0 Å². The number of likely N-dealkylation sites (tertiary alicyclic amines) is 1. The van der Waals surface area contributed by atoms with Gasteiger partial charge < -0.3 is 10.4 Å². The molecule has 13 heavy (non-hydrogen) atoms. The molecule has 2 aliphatic rings. The molecule has 76 valence electrons. The first-order valence-electron chi connectivity index (χ1n) is 5.45. The molecule has 0 bridgehead atoms. The number of rotatable bonds is 5. The van der Waals surface area contributed by atoms with Gasteiger partial charge in [0.15, 0.2) is 0 Å². The Balaban J connectivity index is 1.59. The molecule has 2 N–H and O–H groups in total. The first kappa shape index (κ1) is 9.44. The fourth-order valence-electron chi connectivity index (χ4n) is 2.00. The number of hydrogen-bond donors (Lipinski definition) is 2. The maximum Gasteiger partial charge on any atom is 0.0558 e. The van der Waals surface area contributed by atoms with Gasteiger partial charge in [-0.15, -0.1) is 0 Å². The third kappa shape index (κ3) is 2.93. The topological polar surface area (TPSA) is 35.5 Å². The molecule has 0 spiro atoms. The molecule has 0 amide bonds. The lowest BCUT2D eigenvalue weighted by Gasteiger charge is -2.14. The summed E-state index contributed by atoms with van der Waals surface area (Å²) < 4.78 is 0. The van der Waals surface area contributed by atoms with E-state index in [0.717, 1.165) is 25.6 Å². The van der Waals surface area contributed by atoms with Gasteiger partial charge in [-0.1, -0.05) is 0 Å². The SMILES string of the molecule is OCCN1CC[C@H](NCC2CC2)C1. The molecule has 0 aromatic rings. The molecule has 1 saturated heterocycles. The quantitative estimate of drug-likeness (QED) is 0.634. The van der Waals surface area contributed by atoms with E-state index in [4.69, 9.17) is 5.11 Å². The summed E-state index contributed by atoms with van der Waals surface area (Å²) in [4.78, 5) is 2.34. The van der Waals surface area contributed by atoms with Gasteiger partial charge in [-0.25, -0.2) is 0 Å². The van der Waals surface area contributed by atoms with Crippen LogP contribution in [0.25, 0.3) is 0 Å². The number of nitrogens with zero attached hydrogens (tertiary/aromatic N) is 1. The van der Waals surface area contributed by atoms with Crippen LogP contribution in [0.4, 0.5) is 0 Å². The van der Waals surface area contributed by atoms with E-state index < -0.39 is 0 Å². The standard InChI is InChI=1S/C10H20N2O/c13-6-5-12-4-3-10(8-12)11-7-9-1-2-9/h9-11,13H,1-8H2/t10-/m0/s1. The number of nitrogens with one attached hydrogen (secondary N) is 1. The zero-order chi connectivity index (χ0) is 9.10. The Hall–Kier alpha value is -0.120. The van der Waals surface area contributed by atoms with Crippen molar-refractivity contribution in [2.75, 3.05) is 32.8 Å². The summed E-state index contributed by atoms with van der Waals surface area (Å²) in [5, 5.41) is 12.4. The van der Waals surface area contributed by atoms with E-state index in [1.165, 1.54) is 25.8 Å². The number of hydrogen-bond acceptors (Lipinski definition) is 3. The van der Waals surface area contributed by atoms with Crippen molar-refractivity contribution in [3.8, 4) is 0 Å². The van der Waals surface area contributed by atoms with Crippen LogP contribution in [-0.2, 0) is 0 Å². The van der Waals surface area contributed by atoms with Crippen molar-refractivity contribution in [2.45, 2.75) is 25.3 Å². The van der Waals surface area contributed by atoms with Gasteiger partial charge in [0.05, 0.1) is 6.61 Å². The largest absolute Gasteiger partial charge is 0.395 e. The summed E-state index contributed by atoms with van der Waals surface area (Å²) in [5.41, 5.74) is 0. The minimum absolute atomic E-state index is 0.301. The Morgan fingerprint density at radius 2 is 2.15 bits per heavy atom. The summed E-state index contributed by atoms with van der Waals surface area (Å²) >= 11 is 0. The Kier molecular flexibility index (Phi) is 3.19. The highest BCUT2D eigenvalue weighted by atomic mass is 16.3. The van der Waals surface area contributed by atoms with Crippen LogP contribution in [0.5, 0.6) is 0 Å². The van der Waals surface area contributed by atoms with E-state index in [2.05, 4.69) is 10.2 Å². The van der Waals surface area contributed by atoms with E-state index >= 15 is 0 Å². The Morgan fingerprint density at radius 3 is 2.85 bits per heavy atom. The van der Waals surface area contributed by atoms with Gasteiger partial charge in [0, 0.05) is 19.1 Å². The number of aliphatic hydroxyl groups is 1. The van der Waals surface area contributed by atoms with Gasteiger partial charge in [-0.05, 0) is 38.3 Å². The minimum atomic E-state index is 0.301. The Labute approximate surface area is 80.1 Å². The first-order chi connectivity index (χ1) is 6.38. The van der Waals surface area contributed by atoms with Crippen molar-refractivity contribution in [2.24, 2.45) is 5.92 Å². The van der Waals surface area contributed by atoms with Gasteiger partial charge in [-0.2, -0.15) is 0 Å². The van der Waals surface area contributed by atoms with Crippen LogP contribution in [0.15, 0.2) is 0 Å². The molecular weight excluding hydrogens is 164 g/mol. The lowest BCUT2D eigenvalue weighted by molar-refractivity contribution is 0.218. The average molecular weight is 184 g/mol. The molecule has 2 rings (SSSR count). The van der Waals surface area contributed by atoms with Crippen molar-refractivity contribution < 1.29 is 5.11 Å². The molecule has 3 nitrogen and oxygen atoms in total. The minimum Gasteiger partial charge on any atom is -0.395 e. The van der Waals surface area contributed by atoms with E-state index in [-0.39, 0.29) is 0 Å². The van der Waals surface area contributed by atoms with Crippen LogP contribution in [0.3, 0.4) is 0 Å². The van der Waals surface area contributed by atoms with Crippen LogP contribution in [-0.4, -0.2) is 48.8 Å². The van der Waals surface area contributed by atoms with Crippen molar-refractivity contribution >= 4 is 0 Å². The van der Waals surface area contributed by atoms with Crippen LogP contribution in [0, 0.1) is 5.92 Å². The molecule has 0 radical (unpaired) electrons. The maximum absolute atomic E-state index is 8.78. The predicted octanol–water partition coefficient (Wildman–Crippen LogP) is 0.0526. The first-order valence-corrected chi connectivity index (χ1v) is 5.45. The van der Waals surface area contributed by atoms with Gasteiger partial charge in [-0.3, -0.25) is 4.90 Å². The second-order valence-electron chi connectivity index (χ2n) is 4.36. The summed E-state index contributed by atoms with van der Waals surface area (Å²) in [6.07, 6.45) is 4.12. The molecule has 3 heteroatoms. The van der Waals surface area contributed by atoms with E-state index in [1.54, 1.807) is 0 Å². The molecular formula is C10H20N2O. The van der Waals surface area contributed by atoms with Gasteiger partial charge in [0.2, 0.25) is 0 Å². The molecule has 1 aliphatic heterocycles. The van der Waals surface area contributed by atoms with Gasteiger partial charge >= 0.3 is 0 Å². The average Bonchev–Trinajstić information content (AvgIpc) is 2.85. The zero-order valence-corrected chi connectivity index (χ0v) is 8.21. The van der Waals surface area contributed by atoms with Crippen LogP contribution < -0.4 is 5.32 Å². The van der Waals surface area contributed by atoms with Crippen LogP contribution in [0.2, 0.25) is 0 Å². The highest BCUT2D eigenvalue weighted by Crippen LogP contribution is 2.28. The van der Waals surface area contributed by atoms with Gasteiger partial charge in [0.1, 0.15) is 0 Å². The van der Waals surface area contributed by atoms with Crippen LogP contribution in [0.1, 0.15) is 19.3 Å². The normalized spacial score (nSPS) is 29.8. The maximum atomic E-state index is 8.78. The Morgan fingerprint density at radius 1 is 1.31 bits per heavy atom. The highest BCUT2D eigenvalue weighted by molar-refractivity contribution is 4.84. The van der Waals surface area contributed by atoms with Gasteiger partial charge in [0.25, 0.3) is 0 Å².